The van der Waals surface area contributed by atoms with E-state index in [4.69, 9.17) is 5.73 Å². The summed E-state index contributed by atoms with van der Waals surface area (Å²) in [6.07, 6.45) is 0.754. The molecule has 0 radical (unpaired) electrons. The largest absolute Gasteiger partial charge is 0.508 e. The monoisotopic (exact) mass is 349 g/mol. The number of piperidine rings is 1. The lowest BCUT2D eigenvalue weighted by Crippen LogP contribution is -2.47. The number of aliphatic hydroxyl groups is 1. The van der Waals surface area contributed by atoms with Gasteiger partial charge in [-0.2, -0.15) is 0 Å². The van der Waals surface area contributed by atoms with E-state index in [1.807, 2.05) is 11.8 Å². The normalized spacial score (nSPS) is 19.4. The van der Waals surface area contributed by atoms with Crippen LogP contribution in [0.25, 0.3) is 0 Å². The third-order valence-corrected chi connectivity index (χ3v) is 4.58. The highest BCUT2D eigenvalue weighted by molar-refractivity contribution is 5.79. The fourth-order valence-corrected chi connectivity index (χ4v) is 3.30. The molecule has 2 unspecified atom stereocenters. The minimum Gasteiger partial charge on any atom is -0.508 e. The number of likely N-dealkylation sites (N-methyl/N-ethyl adjacent to an activating group) is 1. The van der Waals surface area contributed by atoms with Crippen molar-refractivity contribution < 1.29 is 19.8 Å². The molecule has 1 saturated heterocycles. The number of hydrogen-bond donors (Lipinski definition) is 3. The van der Waals surface area contributed by atoms with E-state index in [1.165, 1.54) is 12.1 Å². The van der Waals surface area contributed by atoms with Crippen molar-refractivity contribution in [1.82, 2.24) is 9.80 Å². The van der Waals surface area contributed by atoms with Crippen molar-refractivity contribution in [3.63, 3.8) is 0 Å². The van der Waals surface area contributed by atoms with E-state index in [-0.39, 0.29) is 36.6 Å². The minimum absolute atomic E-state index is 0.0177. The minimum atomic E-state index is -0.860. The van der Waals surface area contributed by atoms with Gasteiger partial charge < -0.3 is 20.8 Å². The fourth-order valence-electron chi connectivity index (χ4n) is 3.30. The van der Waals surface area contributed by atoms with Crippen molar-refractivity contribution in [2.24, 2.45) is 11.7 Å². The lowest BCUT2D eigenvalue weighted by molar-refractivity contribution is -0.139. The van der Waals surface area contributed by atoms with E-state index < -0.39 is 6.10 Å². The average Bonchev–Trinajstić information content (AvgIpc) is 2.58. The zero-order valence-electron chi connectivity index (χ0n) is 14.6. The first-order valence-corrected chi connectivity index (χ1v) is 8.67. The molecule has 0 saturated carbocycles. The summed E-state index contributed by atoms with van der Waals surface area (Å²) in [6.45, 7) is 3.98. The van der Waals surface area contributed by atoms with Gasteiger partial charge in [0.05, 0.1) is 25.1 Å². The number of hydrogen-bond acceptors (Lipinski definition) is 5. The average molecular weight is 349 g/mol. The number of primary amides is 1. The summed E-state index contributed by atoms with van der Waals surface area (Å²) >= 11 is 0. The maximum atomic E-state index is 12.8. The van der Waals surface area contributed by atoms with E-state index in [9.17, 15) is 19.8 Å². The molecular weight excluding hydrogens is 322 g/mol. The summed E-state index contributed by atoms with van der Waals surface area (Å²) in [4.78, 5) is 27.5. The number of nitrogens with zero attached hydrogens (tertiary/aromatic N) is 2. The number of carbonyl (C=O) groups excluding carboxylic acids is 2. The Labute approximate surface area is 148 Å². The highest BCUT2D eigenvalue weighted by Crippen LogP contribution is 2.22. The van der Waals surface area contributed by atoms with Gasteiger partial charge in [-0.05, 0) is 44.0 Å². The van der Waals surface area contributed by atoms with Crippen molar-refractivity contribution in [2.45, 2.75) is 25.9 Å². The fraction of sp³-hybridized carbons (Fsp3) is 0.556. The molecule has 7 nitrogen and oxygen atoms in total. The van der Waals surface area contributed by atoms with E-state index in [2.05, 4.69) is 0 Å². The third kappa shape index (κ3) is 5.44. The van der Waals surface area contributed by atoms with Crippen molar-refractivity contribution in [3.8, 4) is 5.75 Å². The van der Waals surface area contributed by atoms with Crippen LogP contribution in [-0.4, -0.2) is 64.6 Å². The molecular formula is C18H27N3O4. The molecule has 1 fully saturated rings. The van der Waals surface area contributed by atoms with Crippen LogP contribution in [0.15, 0.2) is 24.3 Å². The van der Waals surface area contributed by atoms with Crippen LogP contribution in [-0.2, 0) is 9.59 Å². The standard InChI is InChI=1S/C18H27N3O4/c1-2-21(11-16(23)13-5-3-7-15(22)9-13)18(25)14-6-4-8-20(10-14)12-17(19)24/h3,5,7,9,14,16,22-23H,2,4,6,8,10-12H2,1H3,(H2,19,24). The van der Waals surface area contributed by atoms with Gasteiger partial charge in [0.2, 0.25) is 11.8 Å². The number of aliphatic hydroxyl groups excluding tert-OH is 1. The molecule has 1 aliphatic heterocycles. The predicted octanol–water partition coefficient (Wildman–Crippen LogP) is 0.471. The predicted molar refractivity (Wildman–Crippen MR) is 93.7 cm³/mol. The second-order valence-electron chi connectivity index (χ2n) is 6.53. The maximum absolute atomic E-state index is 12.8. The molecule has 0 bridgehead atoms. The van der Waals surface area contributed by atoms with Crippen LogP contribution in [0.5, 0.6) is 5.75 Å². The lowest BCUT2D eigenvalue weighted by atomic mass is 9.96. The molecule has 2 rings (SSSR count). The number of amides is 2. The summed E-state index contributed by atoms with van der Waals surface area (Å²) in [7, 11) is 0. The molecule has 0 aliphatic carbocycles. The number of likely N-dealkylation sites (tertiary alicyclic amines) is 1. The number of rotatable bonds is 7. The van der Waals surface area contributed by atoms with Gasteiger partial charge in [-0.15, -0.1) is 0 Å². The van der Waals surface area contributed by atoms with Gasteiger partial charge >= 0.3 is 0 Å². The van der Waals surface area contributed by atoms with Crippen LogP contribution >= 0.6 is 0 Å². The summed E-state index contributed by atoms with van der Waals surface area (Å²) < 4.78 is 0. The van der Waals surface area contributed by atoms with Gasteiger partial charge in [-0.3, -0.25) is 14.5 Å². The Balaban J connectivity index is 1.99. The van der Waals surface area contributed by atoms with Crippen LogP contribution in [0.4, 0.5) is 0 Å². The van der Waals surface area contributed by atoms with Crippen LogP contribution in [0.3, 0.4) is 0 Å². The van der Waals surface area contributed by atoms with Crippen LogP contribution in [0.2, 0.25) is 0 Å². The second-order valence-corrected chi connectivity index (χ2v) is 6.53. The number of aromatic hydroxyl groups is 1. The molecule has 7 heteroatoms. The molecule has 0 spiro atoms. The van der Waals surface area contributed by atoms with Crippen LogP contribution in [0, 0.1) is 5.92 Å². The van der Waals surface area contributed by atoms with E-state index >= 15 is 0 Å². The van der Waals surface area contributed by atoms with Gasteiger partial charge in [0.15, 0.2) is 0 Å². The van der Waals surface area contributed by atoms with Crippen molar-refractivity contribution in [2.75, 3.05) is 32.7 Å². The van der Waals surface area contributed by atoms with E-state index in [0.29, 0.717) is 18.7 Å². The van der Waals surface area contributed by atoms with Gasteiger partial charge in [-0.25, -0.2) is 0 Å². The van der Waals surface area contributed by atoms with E-state index in [0.717, 1.165) is 19.4 Å². The van der Waals surface area contributed by atoms with Crippen molar-refractivity contribution in [1.29, 1.82) is 0 Å². The Kier molecular flexibility index (Phi) is 6.78. The number of phenolic OH excluding ortho intramolecular Hbond substituents is 1. The highest BCUT2D eigenvalue weighted by atomic mass is 16.3. The maximum Gasteiger partial charge on any atom is 0.231 e. The Morgan fingerprint density at radius 1 is 1.44 bits per heavy atom. The molecule has 4 N–H and O–H groups in total. The molecule has 138 valence electrons. The molecule has 0 aromatic heterocycles. The first-order chi connectivity index (χ1) is 11.9. The SMILES string of the molecule is CCN(CC(O)c1cccc(O)c1)C(=O)C1CCCN(CC(N)=O)C1. The Morgan fingerprint density at radius 3 is 2.84 bits per heavy atom. The van der Waals surface area contributed by atoms with Crippen molar-refractivity contribution >= 4 is 11.8 Å². The number of nitrogens with two attached hydrogens (primary N) is 1. The molecule has 25 heavy (non-hydrogen) atoms. The first kappa shape index (κ1) is 19.2. The van der Waals surface area contributed by atoms with Gasteiger partial charge in [0.25, 0.3) is 0 Å². The van der Waals surface area contributed by atoms with Crippen LogP contribution < -0.4 is 5.73 Å². The third-order valence-electron chi connectivity index (χ3n) is 4.58. The Hall–Kier alpha value is -2.12. The smallest absolute Gasteiger partial charge is 0.231 e. The van der Waals surface area contributed by atoms with Gasteiger partial charge in [0.1, 0.15) is 5.75 Å². The number of carbonyl (C=O) groups is 2. The van der Waals surface area contributed by atoms with Gasteiger partial charge in [-0.1, -0.05) is 12.1 Å². The Morgan fingerprint density at radius 2 is 2.20 bits per heavy atom. The topological polar surface area (TPSA) is 107 Å². The highest BCUT2D eigenvalue weighted by Gasteiger charge is 2.30. The van der Waals surface area contributed by atoms with Crippen LogP contribution in [0.1, 0.15) is 31.4 Å². The second kappa shape index (κ2) is 8.82. The number of phenols is 1. The number of benzene rings is 1. The summed E-state index contributed by atoms with van der Waals surface area (Å²) in [5.41, 5.74) is 5.82. The van der Waals surface area contributed by atoms with E-state index in [1.54, 1.807) is 17.0 Å². The molecule has 1 aliphatic rings. The molecule has 2 atom stereocenters. The molecule has 1 aromatic rings. The molecule has 1 heterocycles. The van der Waals surface area contributed by atoms with Crippen molar-refractivity contribution in [3.05, 3.63) is 29.8 Å². The zero-order valence-corrected chi connectivity index (χ0v) is 14.6. The molecule has 2 amide bonds. The quantitative estimate of drug-likeness (QED) is 0.663. The molecule has 1 aromatic carbocycles. The Bertz CT molecular complexity index is 608. The zero-order chi connectivity index (χ0) is 18.4. The summed E-state index contributed by atoms with van der Waals surface area (Å²) in [5, 5.41) is 19.9. The van der Waals surface area contributed by atoms with Gasteiger partial charge in [0, 0.05) is 13.1 Å². The first-order valence-electron chi connectivity index (χ1n) is 8.67. The summed E-state index contributed by atoms with van der Waals surface area (Å²) in [6, 6.07) is 6.42. The summed E-state index contributed by atoms with van der Waals surface area (Å²) in [5.74, 6) is -0.514. The lowest BCUT2D eigenvalue weighted by Gasteiger charge is -2.34.